The van der Waals surface area contributed by atoms with E-state index in [0.29, 0.717) is 0 Å². The van der Waals surface area contributed by atoms with E-state index in [1.54, 1.807) is 0 Å². The second kappa shape index (κ2) is 5.63. The minimum Gasteiger partial charge on any atom is -0.390 e. The summed E-state index contributed by atoms with van der Waals surface area (Å²) in [6, 6.07) is 21.5. The fourth-order valence-electron chi connectivity index (χ4n) is 3.48. The molecule has 0 unspecified atom stereocenters. The van der Waals surface area contributed by atoms with Crippen molar-refractivity contribution in [3.63, 3.8) is 0 Å². The summed E-state index contributed by atoms with van der Waals surface area (Å²) in [5.74, 6) is 0. The summed E-state index contributed by atoms with van der Waals surface area (Å²) in [5, 5.41) is 10.7. The molecule has 110 valence electrons. The van der Waals surface area contributed by atoms with Gasteiger partial charge in [0.25, 0.3) is 0 Å². The molecule has 3 rings (SSSR count). The summed E-state index contributed by atoms with van der Waals surface area (Å²) in [5.41, 5.74) is 1.93. The van der Waals surface area contributed by atoms with Gasteiger partial charge in [-0.1, -0.05) is 60.7 Å². The second-order valence-corrected chi connectivity index (χ2v) is 6.42. The van der Waals surface area contributed by atoms with Crippen LogP contribution in [0.15, 0.2) is 60.7 Å². The predicted octanol–water partition coefficient (Wildman–Crippen LogP) is 3.95. The summed E-state index contributed by atoms with van der Waals surface area (Å²) < 4.78 is 0. The maximum atomic E-state index is 10.7. The number of hydrogen-bond acceptors (Lipinski definition) is 2. The van der Waals surface area contributed by atoms with Gasteiger partial charge in [0.15, 0.2) is 0 Å². The molecule has 1 aliphatic heterocycles. The Kier molecular flexibility index (Phi) is 3.83. The molecule has 0 bridgehead atoms. The normalized spacial score (nSPS) is 30.2. The molecular formula is C19H23NO. The van der Waals surface area contributed by atoms with E-state index in [1.807, 2.05) is 19.1 Å². The fraction of sp³-hybridized carbons (Fsp3) is 0.368. The van der Waals surface area contributed by atoms with Gasteiger partial charge in [0.2, 0.25) is 0 Å². The van der Waals surface area contributed by atoms with Crippen molar-refractivity contribution in [1.82, 2.24) is 4.90 Å². The molecule has 2 atom stereocenters. The van der Waals surface area contributed by atoms with Gasteiger partial charge in [0.1, 0.15) is 0 Å². The van der Waals surface area contributed by atoms with Crippen LogP contribution in [-0.4, -0.2) is 22.7 Å². The van der Waals surface area contributed by atoms with E-state index in [9.17, 15) is 5.11 Å². The second-order valence-electron chi connectivity index (χ2n) is 6.42. The maximum absolute atomic E-state index is 10.7. The zero-order valence-corrected chi connectivity index (χ0v) is 12.7. The molecule has 0 saturated carbocycles. The number of hydrogen-bond donors (Lipinski definition) is 1. The maximum Gasteiger partial charge on any atom is 0.0656 e. The quantitative estimate of drug-likeness (QED) is 0.901. The molecule has 1 aliphatic rings. The molecule has 21 heavy (non-hydrogen) atoms. The Morgan fingerprint density at radius 2 is 1.24 bits per heavy atom. The van der Waals surface area contributed by atoms with E-state index in [2.05, 4.69) is 60.5 Å². The highest BCUT2D eigenvalue weighted by Gasteiger charge is 2.40. The SMILES string of the molecule is CN1[C@@H](c2ccccc2)CC(C)(O)C[C@@H]1c1ccccc1. The summed E-state index contributed by atoms with van der Waals surface area (Å²) in [4.78, 5) is 2.41. The van der Waals surface area contributed by atoms with E-state index >= 15 is 0 Å². The van der Waals surface area contributed by atoms with Gasteiger partial charge in [-0.05, 0) is 37.9 Å². The average Bonchev–Trinajstić information content (AvgIpc) is 2.51. The van der Waals surface area contributed by atoms with Gasteiger partial charge in [-0.3, -0.25) is 4.90 Å². The molecule has 1 N–H and O–H groups in total. The van der Waals surface area contributed by atoms with E-state index < -0.39 is 5.60 Å². The summed E-state index contributed by atoms with van der Waals surface area (Å²) in [6.07, 6.45) is 1.55. The first kappa shape index (κ1) is 14.3. The zero-order chi connectivity index (χ0) is 14.9. The van der Waals surface area contributed by atoms with Crippen LogP contribution in [0.5, 0.6) is 0 Å². The number of piperidine rings is 1. The van der Waals surface area contributed by atoms with Crippen molar-refractivity contribution in [3.05, 3.63) is 71.8 Å². The van der Waals surface area contributed by atoms with Gasteiger partial charge in [-0.15, -0.1) is 0 Å². The van der Waals surface area contributed by atoms with Gasteiger partial charge in [0, 0.05) is 12.1 Å². The van der Waals surface area contributed by atoms with Crippen molar-refractivity contribution in [2.45, 2.75) is 37.5 Å². The van der Waals surface area contributed by atoms with Gasteiger partial charge >= 0.3 is 0 Å². The molecule has 0 radical (unpaired) electrons. The van der Waals surface area contributed by atoms with E-state index in [0.717, 1.165) is 12.8 Å². The highest BCUT2D eigenvalue weighted by molar-refractivity contribution is 5.25. The van der Waals surface area contributed by atoms with Crippen LogP contribution in [-0.2, 0) is 0 Å². The first-order valence-electron chi connectivity index (χ1n) is 7.61. The van der Waals surface area contributed by atoms with E-state index in [4.69, 9.17) is 0 Å². The molecule has 2 aromatic carbocycles. The van der Waals surface area contributed by atoms with Crippen LogP contribution in [0.25, 0.3) is 0 Å². The molecule has 0 spiro atoms. The number of rotatable bonds is 2. The number of likely N-dealkylation sites (tertiary alicyclic amines) is 1. The van der Waals surface area contributed by atoms with Gasteiger partial charge in [-0.2, -0.15) is 0 Å². The Morgan fingerprint density at radius 1 is 0.857 bits per heavy atom. The molecule has 2 nitrogen and oxygen atoms in total. The molecule has 1 heterocycles. The van der Waals surface area contributed by atoms with Crippen LogP contribution >= 0.6 is 0 Å². The summed E-state index contributed by atoms with van der Waals surface area (Å²) in [7, 11) is 2.17. The first-order chi connectivity index (χ1) is 10.1. The van der Waals surface area contributed by atoms with Crippen LogP contribution in [0.1, 0.15) is 43.0 Å². The molecule has 2 heteroatoms. The Hall–Kier alpha value is -1.64. The number of aliphatic hydroxyl groups is 1. The largest absolute Gasteiger partial charge is 0.390 e. The topological polar surface area (TPSA) is 23.5 Å². The van der Waals surface area contributed by atoms with Crippen LogP contribution in [0.4, 0.5) is 0 Å². The summed E-state index contributed by atoms with van der Waals surface area (Å²) in [6.45, 7) is 1.96. The molecule has 0 aromatic heterocycles. The van der Waals surface area contributed by atoms with Crippen molar-refractivity contribution in [3.8, 4) is 0 Å². The Balaban J connectivity index is 1.95. The molecule has 1 fully saturated rings. The molecule has 2 aromatic rings. The number of benzene rings is 2. The highest BCUT2D eigenvalue weighted by Crippen LogP contribution is 2.44. The van der Waals surface area contributed by atoms with Crippen molar-refractivity contribution >= 4 is 0 Å². The minimum atomic E-state index is -0.631. The lowest BCUT2D eigenvalue weighted by atomic mass is 9.79. The van der Waals surface area contributed by atoms with Crippen molar-refractivity contribution < 1.29 is 5.11 Å². The van der Waals surface area contributed by atoms with Gasteiger partial charge < -0.3 is 5.11 Å². The Bertz CT molecular complexity index is 528. The van der Waals surface area contributed by atoms with Crippen LogP contribution in [0.3, 0.4) is 0 Å². The summed E-state index contributed by atoms with van der Waals surface area (Å²) >= 11 is 0. The third-order valence-corrected chi connectivity index (χ3v) is 4.62. The third kappa shape index (κ3) is 3.02. The predicted molar refractivity (Wildman–Crippen MR) is 86.0 cm³/mol. The van der Waals surface area contributed by atoms with E-state index in [-0.39, 0.29) is 12.1 Å². The zero-order valence-electron chi connectivity index (χ0n) is 12.7. The van der Waals surface area contributed by atoms with Crippen molar-refractivity contribution in [2.24, 2.45) is 0 Å². The number of nitrogens with zero attached hydrogens (tertiary/aromatic N) is 1. The van der Waals surface area contributed by atoms with Crippen LogP contribution in [0, 0.1) is 0 Å². The molecule has 0 aliphatic carbocycles. The lowest BCUT2D eigenvalue weighted by Gasteiger charge is -2.46. The lowest BCUT2D eigenvalue weighted by Crippen LogP contribution is -2.44. The molecule has 1 saturated heterocycles. The standard InChI is InChI=1S/C19H23NO/c1-19(21)13-17(15-9-5-3-6-10-15)20(2)18(14-19)16-11-7-4-8-12-16/h3-12,17-18,21H,13-14H2,1-2H3/t17-,18-/m1/s1. The Labute approximate surface area is 127 Å². The van der Waals surface area contributed by atoms with E-state index in [1.165, 1.54) is 11.1 Å². The smallest absolute Gasteiger partial charge is 0.0656 e. The average molecular weight is 281 g/mol. The van der Waals surface area contributed by atoms with Crippen molar-refractivity contribution in [2.75, 3.05) is 7.05 Å². The third-order valence-electron chi connectivity index (χ3n) is 4.62. The lowest BCUT2D eigenvalue weighted by molar-refractivity contribution is -0.0560. The van der Waals surface area contributed by atoms with Crippen LogP contribution in [0.2, 0.25) is 0 Å². The van der Waals surface area contributed by atoms with Crippen molar-refractivity contribution in [1.29, 1.82) is 0 Å². The molecule has 0 amide bonds. The van der Waals surface area contributed by atoms with Crippen LogP contribution < -0.4 is 0 Å². The molecular weight excluding hydrogens is 258 g/mol. The highest BCUT2D eigenvalue weighted by atomic mass is 16.3. The fourth-order valence-corrected chi connectivity index (χ4v) is 3.48. The van der Waals surface area contributed by atoms with Gasteiger partial charge in [0.05, 0.1) is 5.60 Å². The Morgan fingerprint density at radius 3 is 1.62 bits per heavy atom. The monoisotopic (exact) mass is 281 g/mol. The minimum absolute atomic E-state index is 0.250. The van der Waals surface area contributed by atoms with Gasteiger partial charge in [-0.25, -0.2) is 0 Å². The first-order valence-corrected chi connectivity index (χ1v) is 7.61.